The monoisotopic (exact) mass is 406 g/mol. The van der Waals surface area contributed by atoms with E-state index in [0.29, 0.717) is 24.6 Å². The first-order chi connectivity index (χ1) is 14.7. The first-order valence-electron chi connectivity index (χ1n) is 10.1. The largest absolute Gasteiger partial charge is 0.497 e. The third-order valence-electron chi connectivity index (χ3n) is 5.36. The summed E-state index contributed by atoms with van der Waals surface area (Å²) in [6.07, 6.45) is 0.982. The molecule has 0 aliphatic carbocycles. The molecule has 8 nitrogen and oxygen atoms in total. The predicted octanol–water partition coefficient (Wildman–Crippen LogP) is 3.08. The standard InChI is InChI=1S/C22H26N6O2/c1-3-16-7-9-17(10-8-16)23-21-20(24-26-25-21)22(29)28-13-11-27(12-14-28)18-5-4-6-19(15-18)30-2/h4-10,15H,3,11-14H2,1-2H3,(H2,23,24,25,26). The molecule has 30 heavy (non-hydrogen) atoms. The molecule has 1 aliphatic rings. The maximum absolute atomic E-state index is 13.0. The predicted molar refractivity (Wildman–Crippen MR) is 117 cm³/mol. The van der Waals surface area contributed by atoms with Crippen molar-refractivity contribution in [3.05, 3.63) is 59.8 Å². The zero-order valence-electron chi connectivity index (χ0n) is 17.3. The normalized spacial score (nSPS) is 13.9. The van der Waals surface area contributed by atoms with E-state index in [1.165, 1.54) is 5.56 Å². The van der Waals surface area contributed by atoms with Gasteiger partial charge in [0.25, 0.3) is 5.91 Å². The summed E-state index contributed by atoms with van der Waals surface area (Å²) in [7, 11) is 1.66. The Morgan fingerprint density at radius 3 is 2.57 bits per heavy atom. The van der Waals surface area contributed by atoms with Crippen molar-refractivity contribution >= 4 is 23.1 Å². The third-order valence-corrected chi connectivity index (χ3v) is 5.36. The minimum atomic E-state index is -0.123. The quantitative estimate of drug-likeness (QED) is 0.654. The van der Waals surface area contributed by atoms with Crippen molar-refractivity contribution in [3.8, 4) is 5.75 Å². The van der Waals surface area contributed by atoms with Crippen molar-refractivity contribution in [2.45, 2.75) is 13.3 Å². The highest BCUT2D eigenvalue weighted by Crippen LogP contribution is 2.23. The van der Waals surface area contributed by atoms with Crippen LogP contribution in [0.1, 0.15) is 23.0 Å². The van der Waals surface area contributed by atoms with Crippen LogP contribution >= 0.6 is 0 Å². The van der Waals surface area contributed by atoms with Gasteiger partial charge in [-0.2, -0.15) is 5.21 Å². The molecule has 1 amide bonds. The summed E-state index contributed by atoms with van der Waals surface area (Å²) in [5, 5.41) is 14.0. The highest BCUT2D eigenvalue weighted by molar-refractivity contribution is 5.97. The van der Waals surface area contributed by atoms with Crippen molar-refractivity contribution in [1.29, 1.82) is 0 Å². The van der Waals surface area contributed by atoms with Gasteiger partial charge >= 0.3 is 0 Å². The average molecular weight is 406 g/mol. The van der Waals surface area contributed by atoms with Gasteiger partial charge in [0, 0.05) is 43.6 Å². The number of hydrogen-bond acceptors (Lipinski definition) is 6. The molecule has 2 aromatic carbocycles. The Kier molecular flexibility index (Phi) is 5.83. The molecule has 2 heterocycles. The molecular weight excluding hydrogens is 380 g/mol. The molecule has 0 atom stereocenters. The summed E-state index contributed by atoms with van der Waals surface area (Å²) in [5.74, 6) is 1.15. The summed E-state index contributed by atoms with van der Waals surface area (Å²) in [6.45, 7) is 4.85. The summed E-state index contributed by atoms with van der Waals surface area (Å²) in [6, 6.07) is 16.1. The third kappa shape index (κ3) is 4.22. The number of hydrogen-bond donors (Lipinski definition) is 2. The highest BCUT2D eigenvalue weighted by atomic mass is 16.5. The number of H-pyrrole nitrogens is 1. The van der Waals surface area contributed by atoms with Crippen LogP contribution in [0.3, 0.4) is 0 Å². The smallest absolute Gasteiger partial charge is 0.278 e. The molecule has 0 spiro atoms. The number of rotatable bonds is 6. The molecule has 0 unspecified atom stereocenters. The SMILES string of the molecule is CCc1ccc(Nc2n[nH]nc2C(=O)N2CCN(c3cccc(OC)c3)CC2)cc1. The molecule has 2 N–H and O–H groups in total. The minimum absolute atomic E-state index is 0.123. The number of ether oxygens (including phenoxy) is 1. The van der Waals surface area contributed by atoms with E-state index in [4.69, 9.17) is 4.74 Å². The van der Waals surface area contributed by atoms with E-state index in [2.05, 4.69) is 50.8 Å². The van der Waals surface area contributed by atoms with Crippen LogP contribution in [0.2, 0.25) is 0 Å². The second-order valence-corrected chi connectivity index (χ2v) is 7.18. The Labute approximate surface area is 175 Å². The Morgan fingerprint density at radius 1 is 1.10 bits per heavy atom. The number of carbonyl (C=O) groups excluding carboxylic acids is 1. The molecule has 0 bridgehead atoms. The number of aryl methyl sites for hydroxylation is 1. The van der Waals surface area contributed by atoms with Gasteiger partial charge in [0.15, 0.2) is 11.5 Å². The van der Waals surface area contributed by atoms with E-state index in [9.17, 15) is 4.79 Å². The topological polar surface area (TPSA) is 86.4 Å². The molecule has 1 aliphatic heterocycles. The number of anilines is 3. The van der Waals surface area contributed by atoms with Crippen LogP contribution in [0.15, 0.2) is 48.5 Å². The number of aromatic amines is 1. The molecule has 8 heteroatoms. The maximum Gasteiger partial charge on any atom is 0.278 e. The van der Waals surface area contributed by atoms with Gasteiger partial charge < -0.3 is 19.9 Å². The van der Waals surface area contributed by atoms with Gasteiger partial charge in [-0.1, -0.05) is 25.1 Å². The molecular formula is C22H26N6O2. The van der Waals surface area contributed by atoms with Crippen molar-refractivity contribution in [1.82, 2.24) is 20.3 Å². The second kappa shape index (κ2) is 8.86. The number of benzene rings is 2. The lowest BCUT2D eigenvalue weighted by atomic mass is 10.1. The van der Waals surface area contributed by atoms with Gasteiger partial charge in [-0.15, -0.1) is 10.2 Å². The number of carbonyl (C=O) groups is 1. The van der Waals surface area contributed by atoms with E-state index in [1.54, 1.807) is 7.11 Å². The van der Waals surface area contributed by atoms with Crippen molar-refractivity contribution in [3.63, 3.8) is 0 Å². The number of nitrogens with zero attached hydrogens (tertiary/aromatic N) is 4. The average Bonchev–Trinajstić information content (AvgIpc) is 3.27. The number of amides is 1. The molecule has 4 rings (SSSR count). The Bertz CT molecular complexity index is 993. The number of nitrogens with one attached hydrogen (secondary N) is 2. The number of aromatic nitrogens is 3. The summed E-state index contributed by atoms with van der Waals surface area (Å²) in [4.78, 5) is 17.1. The van der Waals surface area contributed by atoms with Crippen LogP contribution in [0.4, 0.5) is 17.2 Å². The van der Waals surface area contributed by atoms with E-state index >= 15 is 0 Å². The van der Waals surface area contributed by atoms with Crippen molar-refractivity contribution < 1.29 is 9.53 Å². The number of piperazine rings is 1. The Morgan fingerprint density at radius 2 is 1.87 bits per heavy atom. The molecule has 156 valence electrons. The summed E-state index contributed by atoms with van der Waals surface area (Å²) >= 11 is 0. The van der Waals surface area contributed by atoms with Crippen LogP contribution < -0.4 is 15.0 Å². The van der Waals surface area contributed by atoms with Gasteiger partial charge in [-0.05, 0) is 36.2 Å². The molecule has 0 saturated carbocycles. The fraction of sp³-hybridized carbons (Fsp3) is 0.318. The Hall–Kier alpha value is -3.55. The fourth-order valence-corrected chi connectivity index (χ4v) is 3.55. The first kappa shape index (κ1) is 19.8. The van der Waals surface area contributed by atoms with Crippen LogP contribution in [0.5, 0.6) is 5.75 Å². The van der Waals surface area contributed by atoms with Gasteiger partial charge in [0.05, 0.1) is 7.11 Å². The van der Waals surface area contributed by atoms with Crippen molar-refractivity contribution in [2.24, 2.45) is 0 Å². The van der Waals surface area contributed by atoms with Crippen molar-refractivity contribution in [2.75, 3.05) is 43.5 Å². The fourth-order valence-electron chi connectivity index (χ4n) is 3.55. The molecule has 1 aromatic heterocycles. The van der Waals surface area contributed by atoms with Crippen LogP contribution in [-0.4, -0.2) is 59.5 Å². The lowest BCUT2D eigenvalue weighted by molar-refractivity contribution is 0.0742. The summed E-state index contributed by atoms with van der Waals surface area (Å²) < 4.78 is 5.31. The summed E-state index contributed by atoms with van der Waals surface area (Å²) in [5.41, 5.74) is 3.54. The lowest BCUT2D eigenvalue weighted by Crippen LogP contribution is -2.49. The van der Waals surface area contributed by atoms with Gasteiger partial charge in [-0.3, -0.25) is 4.79 Å². The van der Waals surface area contributed by atoms with Gasteiger partial charge in [-0.25, -0.2) is 0 Å². The first-order valence-corrected chi connectivity index (χ1v) is 10.1. The van der Waals surface area contributed by atoms with Gasteiger partial charge in [0.1, 0.15) is 5.75 Å². The van der Waals surface area contributed by atoms with Gasteiger partial charge in [0.2, 0.25) is 0 Å². The minimum Gasteiger partial charge on any atom is -0.497 e. The van der Waals surface area contributed by atoms with Crippen LogP contribution in [0.25, 0.3) is 0 Å². The van der Waals surface area contributed by atoms with E-state index in [0.717, 1.165) is 36.6 Å². The van der Waals surface area contributed by atoms with Crippen LogP contribution in [0, 0.1) is 0 Å². The number of methoxy groups -OCH3 is 1. The second-order valence-electron chi connectivity index (χ2n) is 7.18. The molecule has 1 saturated heterocycles. The van der Waals surface area contributed by atoms with E-state index in [-0.39, 0.29) is 5.91 Å². The molecule has 0 radical (unpaired) electrons. The van der Waals surface area contributed by atoms with Crippen LogP contribution in [-0.2, 0) is 6.42 Å². The Balaban J connectivity index is 1.40. The lowest BCUT2D eigenvalue weighted by Gasteiger charge is -2.36. The maximum atomic E-state index is 13.0. The van der Waals surface area contributed by atoms with E-state index in [1.807, 2.05) is 35.2 Å². The zero-order chi connectivity index (χ0) is 20.9. The molecule has 3 aromatic rings. The zero-order valence-corrected chi connectivity index (χ0v) is 17.3. The van der Waals surface area contributed by atoms with E-state index < -0.39 is 0 Å². The highest BCUT2D eigenvalue weighted by Gasteiger charge is 2.26. The molecule has 1 fully saturated rings.